The van der Waals surface area contributed by atoms with Gasteiger partial charge in [-0.05, 0) is 6.07 Å². The van der Waals surface area contributed by atoms with E-state index in [2.05, 4.69) is 0 Å². The molecule has 3 rings (SSSR count). The second-order valence-electron chi connectivity index (χ2n) is 5.55. The second-order valence-corrected chi connectivity index (χ2v) is 5.55. The number of hydrogen-bond donors (Lipinski definition) is 2. The lowest BCUT2D eigenvalue weighted by molar-refractivity contribution is -0.387. The molecule has 0 unspecified atom stereocenters. The number of pyridine rings is 1. The quantitative estimate of drug-likeness (QED) is 0.303. The molecule has 1 heterocycles. The topological polar surface area (TPSA) is 128 Å². The van der Waals surface area contributed by atoms with Crippen LogP contribution >= 0.6 is 0 Å². The molecule has 2 aromatic carbocycles. The summed E-state index contributed by atoms with van der Waals surface area (Å²) >= 11 is 0. The summed E-state index contributed by atoms with van der Waals surface area (Å²) in [5.74, 6) is -8.19. The van der Waals surface area contributed by atoms with Crippen molar-refractivity contribution in [3.05, 3.63) is 73.6 Å². The molecule has 3 aromatic rings. The van der Waals surface area contributed by atoms with Crippen molar-refractivity contribution in [1.82, 2.24) is 4.57 Å². The maximum atomic E-state index is 14.6. The number of rotatable bonds is 3. The summed E-state index contributed by atoms with van der Waals surface area (Å²) in [7, 11) is 0. The summed E-state index contributed by atoms with van der Waals surface area (Å²) in [6.07, 6.45) is 0.483. The van der Waals surface area contributed by atoms with E-state index in [0.717, 1.165) is 0 Å². The van der Waals surface area contributed by atoms with Gasteiger partial charge in [-0.25, -0.2) is 18.0 Å². The zero-order chi connectivity index (χ0) is 20.9. The molecule has 0 aliphatic rings. The van der Waals surface area contributed by atoms with Gasteiger partial charge in [-0.3, -0.25) is 14.9 Å². The van der Waals surface area contributed by atoms with E-state index >= 15 is 0 Å². The molecule has 1 aromatic heterocycles. The number of aromatic nitrogens is 1. The van der Waals surface area contributed by atoms with Gasteiger partial charge in [0.2, 0.25) is 11.2 Å². The number of nitrogens with zero attached hydrogens (tertiary/aromatic N) is 2. The largest absolute Gasteiger partial charge is 0.477 e. The Bertz CT molecular complexity index is 1260. The third-order valence-electron chi connectivity index (χ3n) is 3.90. The lowest BCUT2D eigenvalue weighted by atomic mass is 10.1. The molecule has 12 heteroatoms. The standard InChI is InChI=1S/C16H7F4N3O5/c17-7-2-8(18)10(3-9(7)21)22-4-6(16(25)26)15(24)5-1-11(23(27)28)12(19)13(20)14(5)22/h1-4H,21H2,(H,25,26). The van der Waals surface area contributed by atoms with Crippen LogP contribution in [0.15, 0.2) is 29.2 Å². The van der Waals surface area contributed by atoms with E-state index in [1.165, 1.54) is 0 Å². The molecule has 8 nitrogen and oxygen atoms in total. The summed E-state index contributed by atoms with van der Waals surface area (Å²) in [5, 5.41) is 19.2. The average molecular weight is 397 g/mol. The third-order valence-corrected chi connectivity index (χ3v) is 3.90. The van der Waals surface area contributed by atoms with Crippen molar-refractivity contribution in [2.45, 2.75) is 0 Å². The van der Waals surface area contributed by atoms with Gasteiger partial charge < -0.3 is 15.4 Å². The Balaban J connectivity index is 2.60. The minimum absolute atomic E-state index is 0.314. The van der Waals surface area contributed by atoms with E-state index in [0.29, 0.717) is 29.0 Å². The van der Waals surface area contributed by atoms with Gasteiger partial charge in [-0.15, -0.1) is 0 Å². The highest BCUT2D eigenvalue weighted by molar-refractivity contribution is 5.94. The van der Waals surface area contributed by atoms with Crippen LogP contribution in [0.2, 0.25) is 0 Å². The molecule has 0 saturated heterocycles. The Morgan fingerprint density at radius 1 is 1.11 bits per heavy atom. The highest BCUT2D eigenvalue weighted by Crippen LogP contribution is 2.30. The number of hydrogen-bond acceptors (Lipinski definition) is 5. The van der Waals surface area contributed by atoms with Crippen molar-refractivity contribution in [1.29, 1.82) is 0 Å². The summed E-state index contributed by atoms with van der Waals surface area (Å²) in [6.45, 7) is 0. The van der Waals surface area contributed by atoms with Gasteiger partial charge in [0.15, 0.2) is 5.82 Å². The Morgan fingerprint density at radius 3 is 2.32 bits per heavy atom. The smallest absolute Gasteiger partial charge is 0.341 e. The second kappa shape index (κ2) is 6.33. The predicted molar refractivity (Wildman–Crippen MR) is 87.4 cm³/mol. The summed E-state index contributed by atoms with van der Waals surface area (Å²) < 4.78 is 56.8. The van der Waals surface area contributed by atoms with Crippen LogP contribution in [0.1, 0.15) is 10.4 Å². The van der Waals surface area contributed by atoms with Gasteiger partial charge in [0.25, 0.3) is 0 Å². The molecule has 0 atom stereocenters. The number of benzene rings is 2. The fourth-order valence-corrected chi connectivity index (χ4v) is 2.62. The maximum Gasteiger partial charge on any atom is 0.341 e. The van der Waals surface area contributed by atoms with Crippen LogP contribution in [0.3, 0.4) is 0 Å². The van der Waals surface area contributed by atoms with Crippen molar-refractivity contribution in [3.63, 3.8) is 0 Å². The highest BCUT2D eigenvalue weighted by Gasteiger charge is 2.28. The van der Waals surface area contributed by atoms with E-state index in [4.69, 9.17) is 5.73 Å². The monoisotopic (exact) mass is 397 g/mol. The minimum atomic E-state index is -1.95. The number of aromatic carboxylic acids is 1. The molecule has 28 heavy (non-hydrogen) atoms. The first-order valence-corrected chi connectivity index (χ1v) is 7.24. The van der Waals surface area contributed by atoms with Crippen molar-refractivity contribution in [2.75, 3.05) is 5.73 Å². The highest BCUT2D eigenvalue weighted by atomic mass is 19.2. The number of carboxylic acids is 1. The zero-order valence-corrected chi connectivity index (χ0v) is 13.4. The fraction of sp³-hybridized carbons (Fsp3) is 0. The maximum absolute atomic E-state index is 14.6. The Morgan fingerprint density at radius 2 is 1.75 bits per heavy atom. The van der Waals surface area contributed by atoms with Crippen molar-refractivity contribution in [2.24, 2.45) is 0 Å². The van der Waals surface area contributed by atoms with E-state index in [9.17, 15) is 42.4 Å². The molecule has 144 valence electrons. The van der Waals surface area contributed by atoms with Crippen LogP contribution in [0, 0.1) is 33.4 Å². The Labute approximate surface area is 151 Å². The zero-order valence-electron chi connectivity index (χ0n) is 13.4. The number of carbonyl (C=O) groups is 1. The van der Waals surface area contributed by atoms with E-state index in [-0.39, 0.29) is 0 Å². The number of nitrogens with two attached hydrogens (primary N) is 1. The number of nitro benzene ring substituents is 1. The van der Waals surface area contributed by atoms with Crippen LogP contribution in [-0.4, -0.2) is 20.6 Å². The molecule has 3 N–H and O–H groups in total. The Kier molecular flexibility index (Phi) is 4.26. The number of nitro groups is 1. The Hall–Kier alpha value is -3.96. The number of halogens is 4. The van der Waals surface area contributed by atoms with Crippen molar-refractivity contribution < 1.29 is 32.4 Å². The molecule has 0 bridgehead atoms. The van der Waals surface area contributed by atoms with Gasteiger partial charge in [-0.1, -0.05) is 0 Å². The van der Waals surface area contributed by atoms with Gasteiger partial charge >= 0.3 is 11.7 Å². The first kappa shape index (κ1) is 18.8. The van der Waals surface area contributed by atoms with Gasteiger partial charge in [0, 0.05) is 18.3 Å². The lowest BCUT2D eigenvalue weighted by Crippen LogP contribution is -2.20. The number of fused-ring (bicyclic) bond motifs is 1. The third kappa shape index (κ3) is 2.71. The lowest BCUT2D eigenvalue weighted by Gasteiger charge is -2.15. The first-order valence-electron chi connectivity index (χ1n) is 7.24. The normalized spacial score (nSPS) is 11.0. The summed E-state index contributed by atoms with van der Waals surface area (Å²) in [5.41, 5.74) is -0.765. The predicted octanol–water partition coefficient (Wildman–Crippen LogP) is 2.74. The molecule has 0 radical (unpaired) electrons. The summed E-state index contributed by atoms with van der Waals surface area (Å²) in [4.78, 5) is 33.2. The van der Waals surface area contributed by atoms with Gasteiger partial charge in [0.05, 0.1) is 27.2 Å². The number of nitrogen functional groups attached to an aromatic ring is 1. The molecule has 0 saturated carbocycles. The van der Waals surface area contributed by atoms with Crippen molar-refractivity contribution in [3.8, 4) is 5.69 Å². The molecular weight excluding hydrogens is 390 g/mol. The van der Waals surface area contributed by atoms with Crippen LogP contribution in [-0.2, 0) is 0 Å². The van der Waals surface area contributed by atoms with E-state index in [1.54, 1.807) is 0 Å². The molecule has 0 aliphatic carbocycles. The van der Waals surface area contributed by atoms with E-state index in [1.807, 2.05) is 0 Å². The number of carboxylic acid groups (broad SMARTS) is 1. The van der Waals surface area contributed by atoms with Crippen LogP contribution in [0.5, 0.6) is 0 Å². The molecule has 0 spiro atoms. The molecule has 0 aliphatic heterocycles. The first-order chi connectivity index (χ1) is 13.0. The minimum Gasteiger partial charge on any atom is -0.477 e. The average Bonchev–Trinajstić information content (AvgIpc) is 2.61. The fourth-order valence-electron chi connectivity index (χ4n) is 2.62. The van der Waals surface area contributed by atoms with Crippen molar-refractivity contribution >= 4 is 28.2 Å². The van der Waals surface area contributed by atoms with Gasteiger partial charge in [0.1, 0.15) is 17.2 Å². The van der Waals surface area contributed by atoms with E-state index < -0.39 is 73.1 Å². The SMILES string of the molecule is Nc1cc(-n2cc(C(=O)O)c(=O)c3cc([N+](=O)[O-])c(F)c(F)c32)c(F)cc1F. The molecule has 0 fully saturated rings. The summed E-state index contributed by atoms with van der Waals surface area (Å²) in [6, 6.07) is 1.32. The number of anilines is 1. The van der Waals surface area contributed by atoms with Gasteiger partial charge in [-0.2, -0.15) is 4.39 Å². The van der Waals surface area contributed by atoms with Crippen LogP contribution in [0.4, 0.5) is 28.9 Å². The molecular formula is C16H7F4N3O5. The van der Waals surface area contributed by atoms with Crippen LogP contribution < -0.4 is 11.2 Å². The van der Waals surface area contributed by atoms with Crippen LogP contribution in [0.25, 0.3) is 16.6 Å². The molecule has 0 amide bonds.